The molecule has 2 atom stereocenters. The summed E-state index contributed by atoms with van der Waals surface area (Å²) < 4.78 is 5.15. The van der Waals surface area contributed by atoms with Crippen LogP contribution < -0.4 is 5.73 Å². The summed E-state index contributed by atoms with van der Waals surface area (Å²) in [6.07, 6.45) is 1.19. The standard InChI is InChI=1S/C6H12N2O/c1-3-5-4(2)8-6(7)9-5/h4-5H,3H2,1-2H3,(H2,7,8)/t4-,5+/m1/s1. The lowest BCUT2D eigenvalue weighted by Crippen LogP contribution is -2.20. The fourth-order valence-electron chi connectivity index (χ4n) is 0.992. The van der Waals surface area contributed by atoms with Gasteiger partial charge in [0.15, 0.2) is 0 Å². The van der Waals surface area contributed by atoms with E-state index in [0.717, 1.165) is 6.42 Å². The maximum atomic E-state index is 5.32. The summed E-state index contributed by atoms with van der Waals surface area (Å²) in [5.41, 5.74) is 5.32. The van der Waals surface area contributed by atoms with Crippen LogP contribution in [0.25, 0.3) is 0 Å². The van der Waals surface area contributed by atoms with Crippen LogP contribution in [-0.4, -0.2) is 18.2 Å². The van der Waals surface area contributed by atoms with Crippen molar-refractivity contribution in [3.05, 3.63) is 0 Å². The summed E-state index contributed by atoms with van der Waals surface area (Å²) in [5.74, 6) is 0. The molecule has 1 aliphatic rings. The number of hydrogen-bond donors (Lipinski definition) is 1. The first-order valence-electron chi connectivity index (χ1n) is 3.24. The summed E-state index contributed by atoms with van der Waals surface area (Å²) in [6.45, 7) is 4.07. The van der Waals surface area contributed by atoms with Crippen molar-refractivity contribution in [2.24, 2.45) is 10.7 Å². The molecule has 3 nitrogen and oxygen atoms in total. The van der Waals surface area contributed by atoms with Gasteiger partial charge in [-0.1, -0.05) is 6.92 Å². The topological polar surface area (TPSA) is 47.6 Å². The zero-order valence-electron chi connectivity index (χ0n) is 5.79. The van der Waals surface area contributed by atoms with E-state index in [4.69, 9.17) is 10.5 Å². The Bertz CT molecular complexity index is 133. The van der Waals surface area contributed by atoms with Gasteiger partial charge in [0.25, 0.3) is 6.02 Å². The number of amidine groups is 1. The van der Waals surface area contributed by atoms with E-state index in [-0.39, 0.29) is 12.1 Å². The summed E-state index contributed by atoms with van der Waals surface area (Å²) >= 11 is 0. The van der Waals surface area contributed by atoms with Gasteiger partial charge in [-0.2, -0.15) is 0 Å². The normalized spacial score (nSPS) is 33.8. The van der Waals surface area contributed by atoms with E-state index in [2.05, 4.69) is 11.9 Å². The van der Waals surface area contributed by atoms with Crippen LogP contribution >= 0.6 is 0 Å². The zero-order chi connectivity index (χ0) is 6.85. The third-order valence-corrected chi connectivity index (χ3v) is 1.54. The molecule has 1 heterocycles. The highest BCUT2D eigenvalue weighted by molar-refractivity contribution is 5.73. The Balaban J connectivity index is 2.49. The van der Waals surface area contributed by atoms with Gasteiger partial charge in [-0.15, -0.1) is 0 Å². The molecule has 0 aromatic rings. The summed E-state index contributed by atoms with van der Waals surface area (Å²) in [7, 11) is 0. The first-order chi connectivity index (χ1) is 4.24. The largest absolute Gasteiger partial charge is 0.460 e. The van der Waals surface area contributed by atoms with Crippen LogP contribution in [-0.2, 0) is 4.74 Å². The van der Waals surface area contributed by atoms with Crippen LogP contribution in [0, 0.1) is 0 Å². The zero-order valence-corrected chi connectivity index (χ0v) is 5.79. The van der Waals surface area contributed by atoms with Gasteiger partial charge in [-0.05, 0) is 13.3 Å². The van der Waals surface area contributed by atoms with E-state index in [1.54, 1.807) is 0 Å². The predicted molar refractivity (Wildman–Crippen MR) is 36.2 cm³/mol. The summed E-state index contributed by atoms with van der Waals surface area (Å²) in [4.78, 5) is 4.01. The van der Waals surface area contributed by atoms with Crippen molar-refractivity contribution in [1.29, 1.82) is 0 Å². The van der Waals surface area contributed by atoms with Crippen molar-refractivity contribution >= 4 is 6.02 Å². The highest BCUT2D eigenvalue weighted by atomic mass is 16.5. The molecular formula is C6H12N2O. The van der Waals surface area contributed by atoms with E-state index in [1.165, 1.54) is 0 Å². The van der Waals surface area contributed by atoms with Crippen LogP contribution in [0.2, 0.25) is 0 Å². The highest BCUT2D eigenvalue weighted by Gasteiger charge is 2.23. The van der Waals surface area contributed by atoms with E-state index in [1.807, 2.05) is 6.92 Å². The van der Waals surface area contributed by atoms with Gasteiger partial charge in [0, 0.05) is 0 Å². The Labute approximate surface area is 54.9 Å². The number of aliphatic imine (C=N–C) groups is 1. The SMILES string of the molecule is CC[C@@H]1OC(N)=N[C@@H]1C. The number of ether oxygens (including phenoxy) is 1. The smallest absolute Gasteiger partial charge is 0.282 e. The van der Waals surface area contributed by atoms with E-state index in [0.29, 0.717) is 6.02 Å². The molecule has 0 bridgehead atoms. The molecule has 2 N–H and O–H groups in total. The Morgan fingerprint density at radius 1 is 1.78 bits per heavy atom. The van der Waals surface area contributed by atoms with Gasteiger partial charge < -0.3 is 10.5 Å². The third kappa shape index (κ3) is 1.15. The minimum atomic E-state index is 0.213. The molecule has 1 rings (SSSR count). The molecule has 0 aromatic heterocycles. The maximum absolute atomic E-state index is 5.32. The molecule has 0 aliphatic carbocycles. The Kier molecular flexibility index (Phi) is 1.60. The average molecular weight is 128 g/mol. The average Bonchev–Trinajstić information content (AvgIpc) is 2.10. The maximum Gasteiger partial charge on any atom is 0.282 e. The fraction of sp³-hybridized carbons (Fsp3) is 0.833. The first-order valence-corrected chi connectivity index (χ1v) is 3.24. The third-order valence-electron chi connectivity index (χ3n) is 1.54. The van der Waals surface area contributed by atoms with Crippen LogP contribution in [0.15, 0.2) is 4.99 Å². The van der Waals surface area contributed by atoms with Crippen molar-refractivity contribution in [3.8, 4) is 0 Å². The minimum absolute atomic E-state index is 0.213. The molecule has 0 aromatic carbocycles. The van der Waals surface area contributed by atoms with Crippen molar-refractivity contribution in [1.82, 2.24) is 0 Å². The molecule has 0 unspecified atom stereocenters. The molecule has 0 fully saturated rings. The van der Waals surface area contributed by atoms with E-state index in [9.17, 15) is 0 Å². The molecular weight excluding hydrogens is 116 g/mol. The van der Waals surface area contributed by atoms with Gasteiger partial charge in [0.05, 0.1) is 6.04 Å². The van der Waals surface area contributed by atoms with E-state index < -0.39 is 0 Å². The summed E-state index contributed by atoms with van der Waals surface area (Å²) in [5, 5.41) is 0. The molecule has 3 heteroatoms. The quantitative estimate of drug-likeness (QED) is 0.559. The van der Waals surface area contributed by atoms with Crippen LogP contribution in [0.5, 0.6) is 0 Å². The van der Waals surface area contributed by atoms with Gasteiger partial charge in [-0.25, -0.2) is 4.99 Å². The van der Waals surface area contributed by atoms with Crippen molar-refractivity contribution < 1.29 is 4.74 Å². The second kappa shape index (κ2) is 2.25. The van der Waals surface area contributed by atoms with Crippen LogP contribution in [0.1, 0.15) is 20.3 Å². The Hall–Kier alpha value is -0.730. The lowest BCUT2D eigenvalue weighted by Gasteiger charge is -2.09. The van der Waals surface area contributed by atoms with E-state index >= 15 is 0 Å². The molecule has 0 spiro atoms. The van der Waals surface area contributed by atoms with Crippen LogP contribution in [0.4, 0.5) is 0 Å². The van der Waals surface area contributed by atoms with Gasteiger partial charge in [-0.3, -0.25) is 0 Å². The fourth-order valence-corrected chi connectivity index (χ4v) is 0.992. The number of rotatable bonds is 1. The molecule has 9 heavy (non-hydrogen) atoms. The molecule has 1 aliphatic heterocycles. The molecule has 0 saturated carbocycles. The van der Waals surface area contributed by atoms with Crippen LogP contribution in [0.3, 0.4) is 0 Å². The minimum Gasteiger partial charge on any atom is -0.460 e. The number of hydrogen-bond acceptors (Lipinski definition) is 3. The lowest BCUT2D eigenvalue weighted by atomic mass is 10.1. The monoisotopic (exact) mass is 128 g/mol. The first kappa shape index (κ1) is 6.39. The molecule has 0 amide bonds. The van der Waals surface area contributed by atoms with Crippen molar-refractivity contribution in [2.45, 2.75) is 32.4 Å². The van der Waals surface area contributed by atoms with Gasteiger partial charge in [0.1, 0.15) is 6.10 Å². The number of nitrogens with two attached hydrogens (primary N) is 1. The second-order valence-electron chi connectivity index (χ2n) is 2.27. The Morgan fingerprint density at radius 2 is 2.44 bits per heavy atom. The number of nitrogens with zero attached hydrogens (tertiary/aromatic N) is 1. The summed E-state index contributed by atoms with van der Waals surface area (Å²) in [6, 6.07) is 0.587. The molecule has 0 saturated heterocycles. The molecule has 52 valence electrons. The lowest BCUT2D eigenvalue weighted by molar-refractivity contribution is 0.190. The predicted octanol–water partition coefficient (Wildman–Crippen LogP) is 0.498. The van der Waals surface area contributed by atoms with Gasteiger partial charge in [0.2, 0.25) is 0 Å². The molecule has 0 radical (unpaired) electrons. The van der Waals surface area contributed by atoms with Crippen molar-refractivity contribution in [2.75, 3.05) is 0 Å². The van der Waals surface area contributed by atoms with Crippen molar-refractivity contribution in [3.63, 3.8) is 0 Å². The van der Waals surface area contributed by atoms with Gasteiger partial charge >= 0.3 is 0 Å². The Morgan fingerprint density at radius 3 is 2.67 bits per heavy atom. The second-order valence-corrected chi connectivity index (χ2v) is 2.27. The highest BCUT2D eigenvalue weighted by Crippen LogP contribution is 2.13.